The van der Waals surface area contributed by atoms with E-state index in [9.17, 15) is 4.79 Å². The second-order valence-electron chi connectivity index (χ2n) is 6.34. The van der Waals surface area contributed by atoms with Crippen molar-refractivity contribution in [3.63, 3.8) is 0 Å². The Morgan fingerprint density at radius 2 is 1.96 bits per heavy atom. The lowest BCUT2D eigenvalue weighted by molar-refractivity contribution is -0.125. The molecule has 1 atom stereocenters. The van der Waals surface area contributed by atoms with Crippen molar-refractivity contribution in [3.8, 4) is 0 Å². The molecule has 2 rings (SSSR count). The maximum absolute atomic E-state index is 12.3. The molecule has 1 unspecified atom stereocenters. The van der Waals surface area contributed by atoms with E-state index in [0.717, 1.165) is 39.1 Å². The summed E-state index contributed by atoms with van der Waals surface area (Å²) in [6.07, 6.45) is 1.80. The Balaban J connectivity index is 2.08. The fraction of sp³-hybridized carbons (Fsp3) is 0.632. The standard InChI is InChI=1S/C19H30N2O2/c1-4-16(5-2)19(22)20-14-18(21-9-11-23-12-10-21)17-8-6-7-15(3)13-17/h6-8,13,16,18H,4-5,9-12,14H2,1-3H3,(H,20,22). The molecule has 1 saturated heterocycles. The van der Waals surface area contributed by atoms with Crippen LogP contribution in [0, 0.1) is 12.8 Å². The van der Waals surface area contributed by atoms with E-state index < -0.39 is 0 Å². The van der Waals surface area contributed by atoms with Crippen molar-refractivity contribution in [2.75, 3.05) is 32.8 Å². The molecule has 1 heterocycles. The molecule has 1 N–H and O–H groups in total. The molecule has 1 aliphatic heterocycles. The van der Waals surface area contributed by atoms with Crippen LogP contribution >= 0.6 is 0 Å². The molecular formula is C19H30N2O2. The van der Waals surface area contributed by atoms with Gasteiger partial charge in [0.2, 0.25) is 5.91 Å². The van der Waals surface area contributed by atoms with Crippen molar-refractivity contribution in [1.29, 1.82) is 0 Å². The first kappa shape index (κ1) is 18.0. The number of carbonyl (C=O) groups excluding carboxylic acids is 1. The molecule has 1 aliphatic rings. The Morgan fingerprint density at radius 3 is 2.57 bits per heavy atom. The molecule has 23 heavy (non-hydrogen) atoms. The highest BCUT2D eigenvalue weighted by Gasteiger charge is 2.24. The normalized spacial score (nSPS) is 17.2. The maximum Gasteiger partial charge on any atom is 0.223 e. The van der Waals surface area contributed by atoms with Gasteiger partial charge in [-0.2, -0.15) is 0 Å². The second-order valence-corrected chi connectivity index (χ2v) is 6.34. The number of rotatable bonds is 7. The van der Waals surface area contributed by atoms with Crippen molar-refractivity contribution in [2.45, 2.75) is 39.7 Å². The third kappa shape index (κ3) is 5.05. The van der Waals surface area contributed by atoms with Crippen LogP contribution in [0.4, 0.5) is 0 Å². The predicted octanol–water partition coefficient (Wildman–Crippen LogP) is 2.92. The van der Waals surface area contributed by atoms with E-state index in [-0.39, 0.29) is 17.9 Å². The van der Waals surface area contributed by atoms with Gasteiger partial charge in [-0.05, 0) is 25.3 Å². The highest BCUT2D eigenvalue weighted by atomic mass is 16.5. The molecule has 1 aromatic rings. The van der Waals surface area contributed by atoms with Crippen molar-refractivity contribution >= 4 is 5.91 Å². The number of amides is 1. The first-order valence-electron chi connectivity index (χ1n) is 8.81. The van der Waals surface area contributed by atoms with Crippen molar-refractivity contribution in [1.82, 2.24) is 10.2 Å². The van der Waals surface area contributed by atoms with E-state index in [0.29, 0.717) is 6.54 Å². The zero-order chi connectivity index (χ0) is 16.7. The molecule has 0 spiro atoms. The Bertz CT molecular complexity index is 494. The summed E-state index contributed by atoms with van der Waals surface area (Å²) in [6.45, 7) is 10.3. The van der Waals surface area contributed by atoms with Gasteiger partial charge in [-0.1, -0.05) is 43.7 Å². The summed E-state index contributed by atoms with van der Waals surface area (Å²) >= 11 is 0. The van der Waals surface area contributed by atoms with Gasteiger partial charge >= 0.3 is 0 Å². The lowest BCUT2D eigenvalue weighted by atomic mass is 10.0. The summed E-state index contributed by atoms with van der Waals surface area (Å²) in [5, 5.41) is 3.18. The minimum absolute atomic E-state index is 0.123. The number of hydrogen-bond donors (Lipinski definition) is 1. The number of nitrogens with zero attached hydrogens (tertiary/aromatic N) is 1. The number of hydrogen-bond acceptors (Lipinski definition) is 3. The molecule has 0 radical (unpaired) electrons. The van der Waals surface area contributed by atoms with Crippen LogP contribution in [0.25, 0.3) is 0 Å². The number of morpholine rings is 1. The van der Waals surface area contributed by atoms with Crippen molar-refractivity contribution in [2.24, 2.45) is 5.92 Å². The molecule has 1 amide bonds. The summed E-state index contributed by atoms with van der Waals surface area (Å²) in [7, 11) is 0. The molecule has 1 fully saturated rings. The van der Waals surface area contributed by atoms with Crippen LogP contribution in [0.5, 0.6) is 0 Å². The molecule has 4 heteroatoms. The summed E-state index contributed by atoms with van der Waals surface area (Å²) in [4.78, 5) is 14.8. The summed E-state index contributed by atoms with van der Waals surface area (Å²) in [5.74, 6) is 0.304. The number of ether oxygens (including phenoxy) is 1. The SMILES string of the molecule is CCC(CC)C(=O)NCC(c1cccc(C)c1)N1CCOCC1. The fourth-order valence-electron chi connectivity index (χ4n) is 3.23. The molecule has 0 aromatic heterocycles. The fourth-order valence-corrected chi connectivity index (χ4v) is 3.23. The Labute approximate surface area is 140 Å². The minimum Gasteiger partial charge on any atom is -0.379 e. The Morgan fingerprint density at radius 1 is 1.26 bits per heavy atom. The van der Waals surface area contributed by atoms with Crippen LogP contribution in [0.3, 0.4) is 0 Å². The van der Waals surface area contributed by atoms with Gasteiger partial charge in [-0.15, -0.1) is 0 Å². The maximum atomic E-state index is 12.3. The quantitative estimate of drug-likeness (QED) is 0.840. The van der Waals surface area contributed by atoms with Gasteiger partial charge in [-0.3, -0.25) is 9.69 Å². The van der Waals surface area contributed by atoms with Gasteiger partial charge in [0.1, 0.15) is 0 Å². The third-order valence-corrected chi connectivity index (χ3v) is 4.74. The van der Waals surface area contributed by atoms with E-state index in [4.69, 9.17) is 4.74 Å². The van der Waals surface area contributed by atoms with Crippen LogP contribution in [0.2, 0.25) is 0 Å². The Kier molecular flexibility index (Phi) is 7.06. The molecule has 4 nitrogen and oxygen atoms in total. The van der Waals surface area contributed by atoms with Gasteiger partial charge in [0.25, 0.3) is 0 Å². The molecule has 128 valence electrons. The first-order valence-corrected chi connectivity index (χ1v) is 8.81. The van der Waals surface area contributed by atoms with Gasteiger partial charge in [0.05, 0.1) is 19.3 Å². The topological polar surface area (TPSA) is 41.6 Å². The Hall–Kier alpha value is -1.39. The van der Waals surface area contributed by atoms with Crippen LogP contribution in [-0.4, -0.2) is 43.7 Å². The highest BCUT2D eigenvalue weighted by Crippen LogP contribution is 2.22. The average Bonchev–Trinajstić information content (AvgIpc) is 2.57. The molecule has 0 aliphatic carbocycles. The first-order chi connectivity index (χ1) is 11.2. The molecular weight excluding hydrogens is 288 g/mol. The van der Waals surface area contributed by atoms with E-state index in [1.165, 1.54) is 11.1 Å². The van der Waals surface area contributed by atoms with Gasteiger partial charge in [-0.25, -0.2) is 0 Å². The summed E-state index contributed by atoms with van der Waals surface area (Å²) < 4.78 is 5.48. The lowest BCUT2D eigenvalue weighted by Gasteiger charge is -2.35. The number of nitrogens with one attached hydrogen (secondary N) is 1. The average molecular weight is 318 g/mol. The summed E-state index contributed by atoms with van der Waals surface area (Å²) in [6, 6.07) is 8.82. The number of benzene rings is 1. The zero-order valence-corrected chi connectivity index (χ0v) is 14.7. The lowest BCUT2D eigenvalue weighted by Crippen LogP contribution is -2.44. The number of carbonyl (C=O) groups is 1. The van der Waals surface area contributed by atoms with Gasteiger partial charge < -0.3 is 10.1 Å². The van der Waals surface area contributed by atoms with E-state index >= 15 is 0 Å². The molecule has 0 bridgehead atoms. The van der Waals surface area contributed by atoms with E-state index in [1.807, 2.05) is 0 Å². The zero-order valence-electron chi connectivity index (χ0n) is 14.7. The van der Waals surface area contributed by atoms with Crippen molar-refractivity contribution in [3.05, 3.63) is 35.4 Å². The third-order valence-electron chi connectivity index (χ3n) is 4.74. The number of aryl methyl sites for hydroxylation is 1. The summed E-state index contributed by atoms with van der Waals surface area (Å²) in [5.41, 5.74) is 2.53. The smallest absolute Gasteiger partial charge is 0.223 e. The molecule has 1 aromatic carbocycles. The largest absolute Gasteiger partial charge is 0.379 e. The van der Waals surface area contributed by atoms with Gasteiger partial charge in [0, 0.05) is 25.6 Å². The van der Waals surface area contributed by atoms with Crippen LogP contribution in [0.1, 0.15) is 43.9 Å². The molecule has 0 saturated carbocycles. The predicted molar refractivity (Wildman–Crippen MR) is 93.4 cm³/mol. The monoisotopic (exact) mass is 318 g/mol. The van der Waals surface area contributed by atoms with E-state index in [1.54, 1.807) is 0 Å². The van der Waals surface area contributed by atoms with Crippen LogP contribution < -0.4 is 5.32 Å². The van der Waals surface area contributed by atoms with Crippen molar-refractivity contribution < 1.29 is 9.53 Å². The second kappa shape index (κ2) is 9.04. The van der Waals surface area contributed by atoms with Crippen LogP contribution in [0.15, 0.2) is 24.3 Å². The highest BCUT2D eigenvalue weighted by molar-refractivity contribution is 5.78. The van der Waals surface area contributed by atoms with E-state index in [2.05, 4.69) is 55.3 Å². The van der Waals surface area contributed by atoms with Crippen LogP contribution in [-0.2, 0) is 9.53 Å². The van der Waals surface area contributed by atoms with Gasteiger partial charge in [0.15, 0.2) is 0 Å². The minimum atomic E-state index is 0.123.